The standard InChI is InChI=1S/C17H10Cl2N2O3/c18-11-4-1-9(2-5-11)7-13(19)15-20-14-8-10(17(23)24)3-6-12(14)16(22)21-15/h1-8H,(H,23,24)(H,20,21,22). The maximum absolute atomic E-state index is 12.1. The first-order valence-electron chi connectivity index (χ1n) is 6.84. The van der Waals surface area contributed by atoms with E-state index in [1.54, 1.807) is 30.3 Å². The molecule has 0 saturated heterocycles. The zero-order valence-corrected chi connectivity index (χ0v) is 13.6. The average Bonchev–Trinajstić information content (AvgIpc) is 2.56. The van der Waals surface area contributed by atoms with Gasteiger partial charge in [0.15, 0.2) is 5.82 Å². The highest BCUT2D eigenvalue weighted by atomic mass is 35.5. The fraction of sp³-hybridized carbons (Fsp3) is 0. The number of aromatic carboxylic acids is 1. The summed E-state index contributed by atoms with van der Waals surface area (Å²) in [4.78, 5) is 30.0. The van der Waals surface area contributed by atoms with Crippen LogP contribution in [-0.2, 0) is 0 Å². The first-order valence-corrected chi connectivity index (χ1v) is 7.60. The van der Waals surface area contributed by atoms with E-state index in [-0.39, 0.29) is 21.9 Å². The normalized spacial score (nSPS) is 11.7. The van der Waals surface area contributed by atoms with Crippen LogP contribution in [0.4, 0.5) is 0 Å². The molecule has 0 aliphatic rings. The lowest BCUT2D eigenvalue weighted by Crippen LogP contribution is -2.11. The number of aromatic amines is 1. The predicted octanol–water partition coefficient (Wildman–Crippen LogP) is 4.01. The average molecular weight is 361 g/mol. The van der Waals surface area contributed by atoms with Gasteiger partial charge in [0.05, 0.1) is 21.5 Å². The van der Waals surface area contributed by atoms with Gasteiger partial charge < -0.3 is 10.1 Å². The second-order valence-electron chi connectivity index (χ2n) is 5.00. The number of nitrogens with one attached hydrogen (secondary N) is 1. The lowest BCUT2D eigenvalue weighted by molar-refractivity contribution is 0.0697. The quantitative estimate of drug-likeness (QED) is 0.738. The van der Waals surface area contributed by atoms with Crippen LogP contribution in [0, 0.1) is 0 Å². The molecule has 0 atom stereocenters. The Morgan fingerprint density at radius 3 is 2.54 bits per heavy atom. The zero-order valence-electron chi connectivity index (χ0n) is 12.1. The Kier molecular flexibility index (Phi) is 4.38. The molecule has 0 unspecified atom stereocenters. The van der Waals surface area contributed by atoms with Gasteiger partial charge in [-0.2, -0.15) is 0 Å². The molecular weight excluding hydrogens is 351 g/mol. The van der Waals surface area contributed by atoms with E-state index in [4.69, 9.17) is 28.3 Å². The van der Waals surface area contributed by atoms with Crippen molar-refractivity contribution in [3.05, 3.63) is 74.8 Å². The zero-order chi connectivity index (χ0) is 17.3. The highest BCUT2D eigenvalue weighted by Crippen LogP contribution is 2.21. The summed E-state index contributed by atoms with van der Waals surface area (Å²) in [5.74, 6) is -0.935. The Hall–Kier alpha value is -2.63. The SMILES string of the molecule is O=C(O)c1ccc2c(=O)[nH]c(C(Cl)=Cc3ccc(Cl)cc3)nc2c1. The number of nitrogens with zero attached hydrogens (tertiary/aromatic N) is 1. The lowest BCUT2D eigenvalue weighted by Gasteiger charge is -2.03. The van der Waals surface area contributed by atoms with Gasteiger partial charge in [-0.15, -0.1) is 0 Å². The van der Waals surface area contributed by atoms with E-state index in [9.17, 15) is 9.59 Å². The fourth-order valence-electron chi connectivity index (χ4n) is 2.16. The first-order chi connectivity index (χ1) is 11.4. The topological polar surface area (TPSA) is 83.0 Å². The van der Waals surface area contributed by atoms with Crippen LogP contribution in [-0.4, -0.2) is 21.0 Å². The van der Waals surface area contributed by atoms with Crippen molar-refractivity contribution in [3.63, 3.8) is 0 Å². The Bertz CT molecular complexity index is 1020. The Morgan fingerprint density at radius 2 is 1.88 bits per heavy atom. The van der Waals surface area contributed by atoms with Crippen molar-refractivity contribution in [3.8, 4) is 0 Å². The van der Waals surface area contributed by atoms with Crippen LogP contribution in [0.1, 0.15) is 21.7 Å². The molecule has 0 amide bonds. The van der Waals surface area contributed by atoms with Gasteiger partial charge in [0.2, 0.25) is 0 Å². The Morgan fingerprint density at radius 1 is 1.17 bits per heavy atom. The number of fused-ring (bicyclic) bond motifs is 1. The highest BCUT2D eigenvalue weighted by Gasteiger charge is 2.10. The molecule has 120 valence electrons. The van der Waals surface area contributed by atoms with E-state index in [1.165, 1.54) is 18.2 Å². The number of aromatic nitrogens is 2. The van der Waals surface area contributed by atoms with Crippen LogP contribution in [0.15, 0.2) is 47.3 Å². The van der Waals surface area contributed by atoms with E-state index >= 15 is 0 Å². The minimum atomic E-state index is -1.09. The number of H-pyrrole nitrogens is 1. The summed E-state index contributed by atoms with van der Waals surface area (Å²) in [5.41, 5.74) is 0.696. The van der Waals surface area contributed by atoms with Gasteiger partial charge in [-0.1, -0.05) is 35.3 Å². The molecule has 2 N–H and O–H groups in total. The molecule has 0 aliphatic heterocycles. The molecule has 3 rings (SSSR count). The van der Waals surface area contributed by atoms with Crippen molar-refractivity contribution in [2.24, 2.45) is 0 Å². The minimum Gasteiger partial charge on any atom is -0.478 e. The monoisotopic (exact) mass is 360 g/mol. The van der Waals surface area contributed by atoms with Gasteiger partial charge in [0, 0.05) is 5.02 Å². The maximum atomic E-state index is 12.1. The van der Waals surface area contributed by atoms with Crippen LogP contribution in [0.25, 0.3) is 22.0 Å². The number of carboxylic acids is 1. The lowest BCUT2D eigenvalue weighted by atomic mass is 10.1. The molecule has 0 aliphatic carbocycles. The highest BCUT2D eigenvalue weighted by molar-refractivity contribution is 6.50. The summed E-state index contributed by atoms with van der Waals surface area (Å²) in [6.07, 6.45) is 1.63. The van der Waals surface area contributed by atoms with Gasteiger partial charge in [0.25, 0.3) is 5.56 Å². The largest absolute Gasteiger partial charge is 0.478 e. The number of hydrogen-bond donors (Lipinski definition) is 2. The van der Waals surface area contributed by atoms with E-state index < -0.39 is 11.5 Å². The Labute approximate surface area is 146 Å². The smallest absolute Gasteiger partial charge is 0.335 e. The third kappa shape index (κ3) is 3.32. The predicted molar refractivity (Wildman–Crippen MR) is 94.5 cm³/mol. The van der Waals surface area contributed by atoms with Crippen LogP contribution < -0.4 is 5.56 Å². The molecule has 1 aromatic heterocycles. The van der Waals surface area contributed by atoms with Crippen molar-refractivity contribution in [2.75, 3.05) is 0 Å². The van der Waals surface area contributed by atoms with Crippen LogP contribution in [0.3, 0.4) is 0 Å². The van der Waals surface area contributed by atoms with Gasteiger partial charge in [-0.05, 0) is 42.0 Å². The van der Waals surface area contributed by atoms with E-state index in [0.29, 0.717) is 10.4 Å². The molecule has 3 aromatic rings. The van der Waals surface area contributed by atoms with Crippen molar-refractivity contribution in [2.45, 2.75) is 0 Å². The first kappa shape index (κ1) is 16.2. The molecule has 0 saturated carbocycles. The van der Waals surface area contributed by atoms with Crippen LogP contribution in [0.2, 0.25) is 5.02 Å². The molecule has 2 aromatic carbocycles. The molecule has 5 nitrogen and oxygen atoms in total. The number of carbonyl (C=O) groups is 1. The van der Waals surface area contributed by atoms with Gasteiger partial charge in [-0.3, -0.25) is 4.79 Å². The summed E-state index contributed by atoms with van der Waals surface area (Å²) in [6.45, 7) is 0. The third-order valence-corrected chi connectivity index (χ3v) is 3.88. The number of carboxylic acid groups (broad SMARTS) is 1. The van der Waals surface area contributed by atoms with E-state index in [0.717, 1.165) is 5.56 Å². The molecule has 24 heavy (non-hydrogen) atoms. The van der Waals surface area contributed by atoms with Crippen molar-refractivity contribution in [1.82, 2.24) is 9.97 Å². The number of rotatable bonds is 3. The summed E-state index contributed by atoms with van der Waals surface area (Å²) in [5, 5.41) is 10.2. The summed E-state index contributed by atoms with van der Waals surface area (Å²) < 4.78 is 0. The van der Waals surface area contributed by atoms with E-state index in [1.807, 2.05) is 0 Å². The van der Waals surface area contributed by atoms with Crippen molar-refractivity contribution in [1.29, 1.82) is 0 Å². The van der Waals surface area contributed by atoms with Gasteiger partial charge >= 0.3 is 5.97 Å². The molecule has 0 fully saturated rings. The number of halogens is 2. The summed E-state index contributed by atoms with van der Waals surface area (Å²) in [7, 11) is 0. The maximum Gasteiger partial charge on any atom is 0.335 e. The summed E-state index contributed by atoms with van der Waals surface area (Å²) in [6, 6.07) is 11.1. The number of hydrogen-bond acceptors (Lipinski definition) is 3. The summed E-state index contributed by atoms with van der Waals surface area (Å²) >= 11 is 12.1. The van der Waals surface area contributed by atoms with Crippen LogP contribution in [0.5, 0.6) is 0 Å². The third-order valence-electron chi connectivity index (χ3n) is 3.34. The second-order valence-corrected chi connectivity index (χ2v) is 5.84. The molecule has 0 spiro atoms. The molecule has 0 bridgehead atoms. The molecular formula is C17H10Cl2N2O3. The van der Waals surface area contributed by atoms with Gasteiger partial charge in [0.1, 0.15) is 0 Å². The fourth-order valence-corrected chi connectivity index (χ4v) is 2.50. The van der Waals surface area contributed by atoms with E-state index in [2.05, 4.69) is 9.97 Å². The van der Waals surface area contributed by atoms with Crippen molar-refractivity contribution >= 4 is 51.2 Å². The molecule has 1 heterocycles. The second kappa shape index (κ2) is 6.47. The van der Waals surface area contributed by atoms with Gasteiger partial charge in [-0.25, -0.2) is 9.78 Å². The molecule has 7 heteroatoms. The minimum absolute atomic E-state index is 0.0457. The Balaban J connectivity index is 2.10. The molecule has 0 radical (unpaired) electrons. The number of benzene rings is 2. The van der Waals surface area contributed by atoms with Crippen molar-refractivity contribution < 1.29 is 9.90 Å². The van der Waals surface area contributed by atoms with Crippen LogP contribution >= 0.6 is 23.2 Å².